The number of halogens is 1. The molecule has 2 heteroatoms. The molecule has 1 nitrogen and oxygen atoms in total. The van der Waals surface area contributed by atoms with Crippen molar-refractivity contribution in [2.45, 2.75) is 32.8 Å². The summed E-state index contributed by atoms with van der Waals surface area (Å²) in [5.74, 6) is 0.961. The van der Waals surface area contributed by atoms with Gasteiger partial charge in [0.2, 0.25) is 0 Å². The molecule has 0 N–H and O–H groups in total. The molecule has 0 saturated heterocycles. The summed E-state index contributed by atoms with van der Waals surface area (Å²) in [5, 5.41) is 1.07. The van der Waals surface area contributed by atoms with Crippen LogP contribution in [0.15, 0.2) is 24.3 Å². The van der Waals surface area contributed by atoms with Crippen LogP contribution >= 0.6 is 15.9 Å². The van der Waals surface area contributed by atoms with Crippen molar-refractivity contribution in [2.75, 3.05) is 5.33 Å². The predicted molar refractivity (Wildman–Crippen MR) is 64.3 cm³/mol. The van der Waals surface area contributed by atoms with E-state index in [1.54, 1.807) is 0 Å². The molecule has 0 bridgehead atoms. The zero-order chi connectivity index (χ0) is 10.4. The molecule has 1 rings (SSSR count). The Balaban J connectivity index is 2.50. The normalized spacial score (nSPS) is 10.6. The van der Waals surface area contributed by atoms with E-state index in [2.05, 4.69) is 28.1 Å². The Bertz CT molecular complexity index is 254. The van der Waals surface area contributed by atoms with Gasteiger partial charge < -0.3 is 4.74 Å². The fourth-order valence-corrected chi connectivity index (χ4v) is 1.56. The fraction of sp³-hybridized carbons (Fsp3) is 0.500. The molecule has 0 atom stereocenters. The zero-order valence-electron chi connectivity index (χ0n) is 8.79. The van der Waals surface area contributed by atoms with E-state index in [0.29, 0.717) is 0 Å². The SMILES string of the molecule is CC(C)Oc1ccc(CCCBr)cc1. The first-order valence-corrected chi connectivity index (χ1v) is 6.16. The van der Waals surface area contributed by atoms with Gasteiger partial charge in [-0.3, -0.25) is 0 Å². The first-order chi connectivity index (χ1) is 6.72. The molecular formula is C12H17BrO. The third kappa shape index (κ3) is 4.14. The molecule has 0 radical (unpaired) electrons. The second-order valence-electron chi connectivity index (χ2n) is 3.60. The lowest BCUT2D eigenvalue weighted by Crippen LogP contribution is -2.05. The molecule has 0 aliphatic heterocycles. The van der Waals surface area contributed by atoms with Gasteiger partial charge in [0.25, 0.3) is 0 Å². The summed E-state index contributed by atoms with van der Waals surface area (Å²) < 4.78 is 5.56. The molecule has 0 aliphatic carbocycles. The van der Waals surface area contributed by atoms with Gasteiger partial charge in [-0.2, -0.15) is 0 Å². The van der Waals surface area contributed by atoms with Crippen LogP contribution in [0.4, 0.5) is 0 Å². The summed E-state index contributed by atoms with van der Waals surface area (Å²) in [6, 6.07) is 8.37. The van der Waals surface area contributed by atoms with Crippen molar-refractivity contribution in [1.29, 1.82) is 0 Å². The van der Waals surface area contributed by atoms with Gasteiger partial charge in [-0.1, -0.05) is 28.1 Å². The molecule has 0 amide bonds. The smallest absolute Gasteiger partial charge is 0.119 e. The molecule has 78 valence electrons. The standard InChI is InChI=1S/C12H17BrO/c1-10(2)14-12-7-5-11(6-8-12)4-3-9-13/h5-8,10H,3-4,9H2,1-2H3. The maximum atomic E-state index is 5.56. The Morgan fingerprint density at radius 3 is 2.36 bits per heavy atom. The summed E-state index contributed by atoms with van der Waals surface area (Å²) >= 11 is 3.43. The topological polar surface area (TPSA) is 9.23 Å². The minimum Gasteiger partial charge on any atom is -0.491 e. The first-order valence-electron chi connectivity index (χ1n) is 5.04. The number of benzene rings is 1. The van der Waals surface area contributed by atoms with Crippen molar-refractivity contribution in [3.63, 3.8) is 0 Å². The van der Waals surface area contributed by atoms with Crippen molar-refractivity contribution in [1.82, 2.24) is 0 Å². The van der Waals surface area contributed by atoms with Crippen LogP contribution in [0.3, 0.4) is 0 Å². The average Bonchev–Trinajstić information content (AvgIpc) is 2.16. The van der Waals surface area contributed by atoms with Crippen LogP contribution < -0.4 is 4.74 Å². The van der Waals surface area contributed by atoms with Gasteiger partial charge in [-0.15, -0.1) is 0 Å². The largest absolute Gasteiger partial charge is 0.491 e. The molecule has 14 heavy (non-hydrogen) atoms. The Morgan fingerprint density at radius 1 is 1.21 bits per heavy atom. The highest BCUT2D eigenvalue weighted by molar-refractivity contribution is 9.09. The van der Waals surface area contributed by atoms with Crippen LogP contribution in [0.25, 0.3) is 0 Å². The number of alkyl halides is 1. The lowest BCUT2D eigenvalue weighted by molar-refractivity contribution is 0.242. The van der Waals surface area contributed by atoms with E-state index < -0.39 is 0 Å². The van der Waals surface area contributed by atoms with Crippen LogP contribution in [-0.4, -0.2) is 11.4 Å². The molecular weight excluding hydrogens is 240 g/mol. The predicted octanol–water partition coefficient (Wildman–Crippen LogP) is 3.80. The minimum absolute atomic E-state index is 0.253. The van der Waals surface area contributed by atoms with Crippen LogP contribution in [0.1, 0.15) is 25.8 Å². The van der Waals surface area contributed by atoms with E-state index in [-0.39, 0.29) is 6.10 Å². The third-order valence-electron chi connectivity index (χ3n) is 1.89. The van der Waals surface area contributed by atoms with Crippen molar-refractivity contribution >= 4 is 15.9 Å². The van der Waals surface area contributed by atoms with E-state index in [4.69, 9.17) is 4.74 Å². The van der Waals surface area contributed by atoms with Gasteiger partial charge in [-0.05, 0) is 44.4 Å². The maximum absolute atomic E-state index is 5.56. The van der Waals surface area contributed by atoms with Gasteiger partial charge in [0.05, 0.1) is 6.10 Å². The average molecular weight is 257 g/mol. The minimum atomic E-state index is 0.253. The first kappa shape index (κ1) is 11.6. The summed E-state index contributed by atoms with van der Waals surface area (Å²) in [5.41, 5.74) is 1.38. The van der Waals surface area contributed by atoms with E-state index >= 15 is 0 Å². The van der Waals surface area contributed by atoms with Gasteiger partial charge in [-0.25, -0.2) is 0 Å². The number of aryl methyl sites for hydroxylation is 1. The lowest BCUT2D eigenvalue weighted by Gasteiger charge is -2.09. The molecule has 0 saturated carbocycles. The van der Waals surface area contributed by atoms with Crippen LogP contribution in [0.2, 0.25) is 0 Å². The zero-order valence-corrected chi connectivity index (χ0v) is 10.4. The maximum Gasteiger partial charge on any atom is 0.119 e. The van der Waals surface area contributed by atoms with Crippen molar-refractivity contribution < 1.29 is 4.74 Å². The third-order valence-corrected chi connectivity index (χ3v) is 2.45. The molecule has 0 spiro atoms. The number of hydrogen-bond donors (Lipinski definition) is 0. The van der Waals surface area contributed by atoms with Gasteiger partial charge in [0, 0.05) is 5.33 Å². The van der Waals surface area contributed by atoms with Gasteiger partial charge >= 0.3 is 0 Å². The molecule has 0 aromatic heterocycles. The van der Waals surface area contributed by atoms with Crippen LogP contribution in [0, 0.1) is 0 Å². The van der Waals surface area contributed by atoms with Crippen molar-refractivity contribution in [3.8, 4) is 5.75 Å². The van der Waals surface area contributed by atoms with Crippen molar-refractivity contribution in [2.24, 2.45) is 0 Å². The van der Waals surface area contributed by atoms with E-state index in [1.165, 1.54) is 12.0 Å². The summed E-state index contributed by atoms with van der Waals surface area (Å²) in [6.07, 6.45) is 2.57. The fourth-order valence-electron chi connectivity index (χ4n) is 1.28. The number of hydrogen-bond acceptors (Lipinski definition) is 1. The molecule has 0 heterocycles. The monoisotopic (exact) mass is 256 g/mol. The molecule has 0 unspecified atom stereocenters. The number of ether oxygens (including phenoxy) is 1. The second-order valence-corrected chi connectivity index (χ2v) is 4.40. The van der Waals surface area contributed by atoms with Crippen LogP contribution in [-0.2, 0) is 6.42 Å². The van der Waals surface area contributed by atoms with Crippen molar-refractivity contribution in [3.05, 3.63) is 29.8 Å². The Kier molecular flexibility index (Phi) is 5.02. The van der Waals surface area contributed by atoms with Crippen LogP contribution in [0.5, 0.6) is 5.75 Å². The lowest BCUT2D eigenvalue weighted by atomic mass is 10.1. The molecule has 0 aliphatic rings. The number of rotatable bonds is 5. The van der Waals surface area contributed by atoms with E-state index in [0.717, 1.165) is 17.5 Å². The molecule has 0 fully saturated rings. The molecule has 1 aromatic carbocycles. The highest BCUT2D eigenvalue weighted by atomic mass is 79.9. The Morgan fingerprint density at radius 2 is 1.86 bits per heavy atom. The Labute approximate surface area is 94.6 Å². The summed E-state index contributed by atoms with van der Waals surface area (Å²) in [6.45, 7) is 4.08. The van der Waals surface area contributed by atoms with E-state index in [9.17, 15) is 0 Å². The van der Waals surface area contributed by atoms with Gasteiger partial charge in [0.1, 0.15) is 5.75 Å². The Hall–Kier alpha value is -0.500. The summed E-state index contributed by atoms with van der Waals surface area (Å²) in [4.78, 5) is 0. The second kappa shape index (κ2) is 6.07. The highest BCUT2D eigenvalue weighted by Gasteiger charge is 1.97. The van der Waals surface area contributed by atoms with E-state index in [1.807, 2.05) is 26.0 Å². The highest BCUT2D eigenvalue weighted by Crippen LogP contribution is 2.14. The van der Waals surface area contributed by atoms with Gasteiger partial charge in [0.15, 0.2) is 0 Å². The molecule has 1 aromatic rings. The summed E-state index contributed by atoms with van der Waals surface area (Å²) in [7, 11) is 0. The quantitative estimate of drug-likeness (QED) is 0.729.